The van der Waals surface area contributed by atoms with Crippen LogP contribution < -0.4 is 10.2 Å². The second-order valence-electron chi connectivity index (χ2n) is 4.25. The van der Waals surface area contributed by atoms with Crippen LogP contribution in [0.2, 0.25) is 0 Å². The SMILES string of the molecule is CCc1cn(-c2ccc(Br)c(OC)c2)nc(C(=O)O)c1=O. The Morgan fingerprint density at radius 1 is 1.48 bits per heavy atom. The molecule has 0 saturated heterocycles. The number of aromatic carboxylic acids is 1. The van der Waals surface area contributed by atoms with Gasteiger partial charge in [0, 0.05) is 17.8 Å². The average Bonchev–Trinajstić information content (AvgIpc) is 2.47. The number of hydrogen-bond acceptors (Lipinski definition) is 4. The molecule has 0 aliphatic heterocycles. The lowest BCUT2D eigenvalue weighted by Crippen LogP contribution is -2.24. The lowest BCUT2D eigenvalue weighted by atomic mass is 10.2. The number of rotatable bonds is 4. The van der Waals surface area contributed by atoms with E-state index in [2.05, 4.69) is 21.0 Å². The molecule has 1 aromatic carbocycles. The third kappa shape index (κ3) is 2.97. The van der Waals surface area contributed by atoms with Crippen molar-refractivity contribution in [1.29, 1.82) is 0 Å². The zero-order valence-electron chi connectivity index (χ0n) is 11.5. The molecule has 1 heterocycles. The predicted molar refractivity (Wildman–Crippen MR) is 80.4 cm³/mol. The fourth-order valence-corrected chi connectivity index (χ4v) is 2.26. The molecule has 0 radical (unpaired) electrons. The maximum Gasteiger partial charge on any atom is 0.360 e. The first-order valence-electron chi connectivity index (χ1n) is 6.18. The molecular formula is C14H13BrN2O4. The zero-order chi connectivity index (χ0) is 15.6. The molecule has 2 rings (SSSR count). The summed E-state index contributed by atoms with van der Waals surface area (Å²) in [6.07, 6.45) is 1.97. The van der Waals surface area contributed by atoms with Gasteiger partial charge < -0.3 is 9.84 Å². The summed E-state index contributed by atoms with van der Waals surface area (Å²) in [6, 6.07) is 5.21. The molecule has 0 atom stereocenters. The van der Waals surface area contributed by atoms with Crippen LogP contribution in [0.25, 0.3) is 5.69 Å². The van der Waals surface area contributed by atoms with Crippen molar-refractivity contribution in [2.24, 2.45) is 0 Å². The van der Waals surface area contributed by atoms with Crippen LogP contribution in [0.15, 0.2) is 33.7 Å². The molecule has 1 aromatic heterocycles. The molecule has 1 N–H and O–H groups in total. The molecule has 2 aromatic rings. The Morgan fingerprint density at radius 3 is 2.76 bits per heavy atom. The maximum absolute atomic E-state index is 11.9. The minimum atomic E-state index is -1.34. The van der Waals surface area contributed by atoms with Gasteiger partial charge in [-0.05, 0) is 34.5 Å². The lowest BCUT2D eigenvalue weighted by Gasteiger charge is -2.11. The van der Waals surface area contributed by atoms with Crippen LogP contribution in [0.1, 0.15) is 23.0 Å². The van der Waals surface area contributed by atoms with E-state index < -0.39 is 17.1 Å². The van der Waals surface area contributed by atoms with Crippen molar-refractivity contribution in [1.82, 2.24) is 9.78 Å². The van der Waals surface area contributed by atoms with Gasteiger partial charge in [-0.25, -0.2) is 9.48 Å². The summed E-state index contributed by atoms with van der Waals surface area (Å²) < 4.78 is 7.34. The van der Waals surface area contributed by atoms with Crippen molar-refractivity contribution >= 4 is 21.9 Å². The van der Waals surface area contributed by atoms with E-state index in [0.717, 1.165) is 4.47 Å². The van der Waals surface area contributed by atoms with Crippen LogP contribution in [0.3, 0.4) is 0 Å². The normalized spacial score (nSPS) is 10.4. The molecule has 0 spiro atoms. The van der Waals surface area contributed by atoms with E-state index in [1.165, 1.54) is 18.0 Å². The molecule has 7 heteroatoms. The number of nitrogens with zero attached hydrogens (tertiary/aromatic N) is 2. The molecule has 0 aliphatic carbocycles. The number of aryl methyl sites for hydroxylation is 1. The van der Waals surface area contributed by atoms with Crippen LogP contribution in [0.5, 0.6) is 5.75 Å². The number of benzene rings is 1. The number of carboxylic acid groups (broad SMARTS) is 1. The minimum absolute atomic E-state index is 0.393. The number of methoxy groups -OCH3 is 1. The summed E-state index contributed by atoms with van der Waals surface area (Å²) in [5, 5.41) is 13.0. The van der Waals surface area contributed by atoms with E-state index in [1.807, 2.05) is 0 Å². The van der Waals surface area contributed by atoms with Crippen LogP contribution >= 0.6 is 15.9 Å². The smallest absolute Gasteiger partial charge is 0.360 e. The van der Waals surface area contributed by atoms with Crippen LogP contribution in [-0.2, 0) is 6.42 Å². The lowest BCUT2D eigenvalue weighted by molar-refractivity contribution is 0.0686. The number of aromatic nitrogens is 2. The third-order valence-corrected chi connectivity index (χ3v) is 3.63. The summed E-state index contributed by atoms with van der Waals surface area (Å²) in [5.41, 5.74) is -0.0434. The Balaban J connectivity index is 2.66. The first kappa shape index (κ1) is 15.2. The van der Waals surface area contributed by atoms with Crippen molar-refractivity contribution < 1.29 is 14.6 Å². The first-order chi connectivity index (χ1) is 9.97. The van der Waals surface area contributed by atoms with Gasteiger partial charge in [0.25, 0.3) is 0 Å². The van der Waals surface area contributed by atoms with E-state index in [0.29, 0.717) is 23.4 Å². The Bertz CT molecular complexity index is 755. The Morgan fingerprint density at radius 2 is 2.19 bits per heavy atom. The van der Waals surface area contributed by atoms with Crippen LogP contribution in [0.4, 0.5) is 0 Å². The number of hydrogen-bond donors (Lipinski definition) is 1. The summed E-state index contributed by atoms with van der Waals surface area (Å²) in [4.78, 5) is 23.1. The Hall–Kier alpha value is -2.15. The second kappa shape index (κ2) is 6.09. The molecular weight excluding hydrogens is 340 g/mol. The standard InChI is InChI=1S/C14H13BrN2O4/c1-3-8-7-17(16-12(13(8)18)14(19)20)9-4-5-10(15)11(6-9)21-2/h4-7H,3H2,1-2H3,(H,19,20). The first-order valence-corrected chi connectivity index (χ1v) is 6.97. The van der Waals surface area contributed by atoms with Crippen molar-refractivity contribution in [3.63, 3.8) is 0 Å². The Kier molecular flexibility index (Phi) is 4.42. The highest BCUT2D eigenvalue weighted by Crippen LogP contribution is 2.26. The molecule has 0 bridgehead atoms. The number of carbonyl (C=O) groups is 1. The molecule has 0 fully saturated rings. The van der Waals surface area contributed by atoms with Gasteiger partial charge in [-0.3, -0.25) is 4.79 Å². The molecule has 0 unspecified atom stereocenters. The number of ether oxygens (including phenoxy) is 1. The molecule has 6 nitrogen and oxygen atoms in total. The van der Waals surface area contributed by atoms with E-state index in [9.17, 15) is 9.59 Å². The van der Waals surface area contributed by atoms with E-state index in [-0.39, 0.29) is 0 Å². The highest BCUT2D eigenvalue weighted by Gasteiger charge is 2.16. The van der Waals surface area contributed by atoms with Gasteiger partial charge in [0.15, 0.2) is 0 Å². The van der Waals surface area contributed by atoms with Crippen LogP contribution in [-0.4, -0.2) is 28.0 Å². The van der Waals surface area contributed by atoms with Gasteiger partial charge in [-0.15, -0.1) is 0 Å². The van der Waals surface area contributed by atoms with Crippen molar-refractivity contribution in [3.8, 4) is 11.4 Å². The quantitative estimate of drug-likeness (QED) is 0.912. The molecule has 0 saturated carbocycles. The Labute approximate surface area is 129 Å². The van der Waals surface area contributed by atoms with Gasteiger partial charge in [0.05, 0.1) is 17.3 Å². The van der Waals surface area contributed by atoms with Crippen molar-refractivity contribution in [3.05, 3.63) is 50.3 Å². The molecule has 110 valence electrons. The fourth-order valence-electron chi connectivity index (χ4n) is 1.86. The molecule has 0 amide bonds. The topological polar surface area (TPSA) is 81.4 Å². The predicted octanol–water partition coefficient (Wildman–Crippen LogP) is 2.26. The average molecular weight is 353 g/mol. The van der Waals surface area contributed by atoms with E-state index in [1.54, 1.807) is 25.1 Å². The second-order valence-corrected chi connectivity index (χ2v) is 5.11. The monoisotopic (exact) mass is 352 g/mol. The van der Waals surface area contributed by atoms with Gasteiger partial charge >= 0.3 is 5.97 Å². The highest BCUT2D eigenvalue weighted by atomic mass is 79.9. The van der Waals surface area contributed by atoms with E-state index in [4.69, 9.17) is 9.84 Å². The summed E-state index contributed by atoms with van der Waals surface area (Å²) in [6.45, 7) is 1.79. The summed E-state index contributed by atoms with van der Waals surface area (Å²) in [7, 11) is 1.53. The molecule has 0 aliphatic rings. The highest BCUT2D eigenvalue weighted by molar-refractivity contribution is 9.10. The largest absolute Gasteiger partial charge is 0.495 e. The summed E-state index contributed by atoms with van der Waals surface area (Å²) in [5.74, 6) is -0.754. The van der Waals surface area contributed by atoms with Crippen molar-refractivity contribution in [2.45, 2.75) is 13.3 Å². The van der Waals surface area contributed by atoms with Crippen LogP contribution in [0, 0.1) is 0 Å². The van der Waals surface area contributed by atoms with Gasteiger partial charge in [0.2, 0.25) is 11.1 Å². The number of carboxylic acids is 1. The third-order valence-electron chi connectivity index (χ3n) is 2.98. The fraction of sp³-hybridized carbons (Fsp3) is 0.214. The van der Waals surface area contributed by atoms with Gasteiger partial charge in [-0.1, -0.05) is 6.92 Å². The van der Waals surface area contributed by atoms with Crippen molar-refractivity contribution in [2.75, 3.05) is 7.11 Å². The van der Waals surface area contributed by atoms with E-state index >= 15 is 0 Å². The number of halogens is 1. The maximum atomic E-state index is 11.9. The molecule has 21 heavy (non-hydrogen) atoms. The minimum Gasteiger partial charge on any atom is -0.495 e. The van der Waals surface area contributed by atoms with Gasteiger partial charge in [0.1, 0.15) is 5.75 Å². The van der Waals surface area contributed by atoms with Gasteiger partial charge in [-0.2, -0.15) is 5.10 Å². The summed E-state index contributed by atoms with van der Waals surface area (Å²) >= 11 is 3.34. The zero-order valence-corrected chi connectivity index (χ0v) is 13.0.